The fourth-order valence-electron chi connectivity index (χ4n) is 2.83. The molecule has 0 radical (unpaired) electrons. The minimum absolute atomic E-state index is 0.207. The molecule has 2 aliphatic heterocycles. The number of nitrogens with zero attached hydrogens (tertiary/aromatic N) is 1. The summed E-state index contributed by atoms with van der Waals surface area (Å²) in [6, 6.07) is 4.95. The van der Waals surface area contributed by atoms with Gasteiger partial charge in [-0.3, -0.25) is 4.90 Å². The standard InChI is InChI=1S/C12H17BrN2OS/c1-15-5-4-14-6-9(15)12(7-16-8-12)10-2-3-11(13)17-10/h2-3,9,14H,4-8H2,1H3. The van der Waals surface area contributed by atoms with E-state index in [1.165, 1.54) is 8.66 Å². The number of thiophene rings is 1. The van der Waals surface area contributed by atoms with Gasteiger partial charge in [0.25, 0.3) is 0 Å². The van der Waals surface area contributed by atoms with E-state index in [0.717, 1.165) is 32.8 Å². The van der Waals surface area contributed by atoms with Crippen molar-refractivity contribution in [2.75, 3.05) is 39.9 Å². The van der Waals surface area contributed by atoms with Crippen LogP contribution in [0.2, 0.25) is 0 Å². The molecule has 1 unspecified atom stereocenters. The summed E-state index contributed by atoms with van der Waals surface area (Å²) in [7, 11) is 2.23. The third-order valence-corrected chi connectivity index (χ3v) is 5.78. The number of halogens is 1. The van der Waals surface area contributed by atoms with Crippen molar-refractivity contribution in [2.45, 2.75) is 11.5 Å². The van der Waals surface area contributed by atoms with Crippen molar-refractivity contribution in [1.82, 2.24) is 10.2 Å². The molecule has 2 fully saturated rings. The van der Waals surface area contributed by atoms with E-state index in [4.69, 9.17) is 4.74 Å². The van der Waals surface area contributed by atoms with Crippen molar-refractivity contribution < 1.29 is 4.74 Å². The Morgan fingerprint density at radius 1 is 1.53 bits per heavy atom. The van der Waals surface area contributed by atoms with Crippen LogP contribution in [0, 0.1) is 0 Å². The zero-order valence-corrected chi connectivity index (χ0v) is 12.3. The molecule has 5 heteroatoms. The highest BCUT2D eigenvalue weighted by Crippen LogP contribution is 2.42. The molecular formula is C12H17BrN2OS. The van der Waals surface area contributed by atoms with Crippen LogP contribution >= 0.6 is 27.3 Å². The van der Waals surface area contributed by atoms with Crippen LogP contribution in [0.15, 0.2) is 15.9 Å². The zero-order valence-electron chi connectivity index (χ0n) is 9.91. The normalized spacial score (nSPS) is 28.9. The number of hydrogen-bond donors (Lipinski definition) is 1. The molecule has 1 aromatic rings. The molecule has 2 saturated heterocycles. The van der Waals surface area contributed by atoms with E-state index in [1.54, 1.807) is 0 Å². The number of hydrogen-bond acceptors (Lipinski definition) is 4. The van der Waals surface area contributed by atoms with Crippen molar-refractivity contribution in [2.24, 2.45) is 0 Å². The fraction of sp³-hybridized carbons (Fsp3) is 0.667. The third kappa shape index (κ3) is 1.98. The van der Waals surface area contributed by atoms with Crippen LogP contribution in [0.1, 0.15) is 4.88 Å². The molecular weight excluding hydrogens is 300 g/mol. The summed E-state index contributed by atoms with van der Waals surface area (Å²) in [5.41, 5.74) is 0.207. The molecule has 2 aliphatic rings. The summed E-state index contributed by atoms with van der Waals surface area (Å²) in [5, 5.41) is 3.51. The van der Waals surface area contributed by atoms with E-state index in [9.17, 15) is 0 Å². The summed E-state index contributed by atoms with van der Waals surface area (Å²) >= 11 is 5.41. The number of rotatable bonds is 2. The molecule has 1 atom stereocenters. The number of nitrogens with one attached hydrogen (secondary N) is 1. The van der Waals surface area contributed by atoms with Gasteiger partial charge >= 0.3 is 0 Å². The van der Waals surface area contributed by atoms with E-state index in [-0.39, 0.29) is 5.41 Å². The second-order valence-electron chi connectivity index (χ2n) is 4.95. The predicted octanol–water partition coefficient (Wildman–Crippen LogP) is 1.68. The van der Waals surface area contributed by atoms with E-state index in [2.05, 4.69) is 45.3 Å². The van der Waals surface area contributed by atoms with E-state index in [1.807, 2.05) is 11.3 Å². The first-order valence-corrected chi connectivity index (χ1v) is 7.58. The van der Waals surface area contributed by atoms with Gasteiger partial charge in [0.1, 0.15) is 0 Å². The van der Waals surface area contributed by atoms with Gasteiger partial charge in [0.2, 0.25) is 0 Å². The van der Waals surface area contributed by atoms with Gasteiger partial charge in [-0.2, -0.15) is 0 Å². The first-order chi connectivity index (χ1) is 8.22. The topological polar surface area (TPSA) is 24.5 Å². The number of ether oxygens (including phenoxy) is 1. The maximum Gasteiger partial charge on any atom is 0.0701 e. The quantitative estimate of drug-likeness (QED) is 0.898. The van der Waals surface area contributed by atoms with Gasteiger partial charge in [0.05, 0.1) is 22.4 Å². The van der Waals surface area contributed by atoms with Crippen molar-refractivity contribution in [3.63, 3.8) is 0 Å². The van der Waals surface area contributed by atoms with Gasteiger partial charge in [0, 0.05) is 30.6 Å². The Morgan fingerprint density at radius 2 is 2.35 bits per heavy atom. The Hall–Kier alpha value is 0.0600. The van der Waals surface area contributed by atoms with Crippen LogP contribution in [0.3, 0.4) is 0 Å². The molecule has 94 valence electrons. The monoisotopic (exact) mass is 316 g/mol. The molecule has 0 amide bonds. The highest BCUT2D eigenvalue weighted by atomic mass is 79.9. The first kappa shape index (κ1) is 12.1. The maximum atomic E-state index is 5.54. The molecule has 3 nitrogen and oxygen atoms in total. The van der Waals surface area contributed by atoms with Gasteiger partial charge < -0.3 is 10.1 Å². The number of likely N-dealkylation sites (N-methyl/N-ethyl adjacent to an activating group) is 1. The van der Waals surface area contributed by atoms with E-state index in [0.29, 0.717) is 6.04 Å². The van der Waals surface area contributed by atoms with Gasteiger partial charge in [0.15, 0.2) is 0 Å². The Morgan fingerprint density at radius 3 is 2.88 bits per heavy atom. The predicted molar refractivity (Wildman–Crippen MR) is 73.8 cm³/mol. The molecule has 1 aromatic heterocycles. The molecule has 17 heavy (non-hydrogen) atoms. The smallest absolute Gasteiger partial charge is 0.0701 e. The SMILES string of the molecule is CN1CCNCC1C1(c2ccc(Br)s2)COC1. The molecule has 0 saturated carbocycles. The lowest BCUT2D eigenvalue weighted by atomic mass is 9.75. The van der Waals surface area contributed by atoms with Gasteiger partial charge in [-0.1, -0.05) is 0 Å². The Bertz CT molecular complexity index is 405. The average Bonchev–Trinajstić information content (AvgIpc) is 2.67. The molecule has 3 heterocycles. The summed E-state index contributed by atoms with van der Waals surface area (Å²) in [5.74, 6) is 0. The minimum Gasteiger partial charge on any atom is -0.379 e. The Balaban J connectivity index is 1.91. The van der Waals surface area contributed by atoms with Crippen LogP contribution in [0.5, 0.6) is 0 Å². The molecule has 0 aliphatic carbocycles. The molecule has 3 rings (SSSR count). The van der Waals surface area contributed by atoms with Crippen LogP contribution in [0.25, 0.3) is 0 Å². The lowest BCUT2D eigenvalue weighted by molar-refractivity contribution is -0.101. The first-order valence-electron chi connectivity index (χ1n) is 5.97. The molecule has 0 spiro atoms. The largest absolute Gasteiger partial charge is 0.379 e. The maximum absolute atomic E-state index is 5.54. The van der Waals surface area contributed by atoms with Gasteiger partial charge in [-0.15, -0.1) is 11.3 Å². The molecule has 0 aromatic carbocycles. The highest BCUT2D eigenvalue weighted by Gasteiger charge is 2.50. The second-order valence-corrected chi connectivity index (χ2v) is 7.42. The van der Waals surface area contributed by atoms with Gasteiger partial charge in [-0.05, 0) is 35.1 Å². The Labute approximate surface area is 114 Å². The van der Waals surface area contributed by atoms with Crippen molar-refractivity contribution in [3.05, 3.63) is 20.8 Å². The minimum atomic E-state index is 0.207. The van der Waals surface area contributed by atoms with E-state index < -0.39 is 0 Å². The van der Waals surface area contributed by atoms with Crippen LogP contribution in [-0.2, 0) is 10.2 Å². The highest BCUT2D eigenvalue weighted by molar-refractivity contribution is 9.11. The van der Waals surface area contributed by atoms with Crippen molar-refractivity contribution >= 4 is 27.3 Å². The van der Waals surface area contributed by atoms with Crippen LogP contribution in [0.4, 0.5) is 0 Å². The summed E-state index contributed by atoms with van der Waals surface area (Å²) in [6.45, 7) is 5.00. The van der Waals surface area contributed by atoms with Crippen LogP contribution in [-0.4, -0.2) is 50.8 Å². The number of piperazine rings is 1. The average molecular weight is 317 g/mol. The van der Waals surface area contributed by atoms with Crippen LogP contribution < -0.4 is 5.32 Å². The van der Waals surface area contributed by atoms with Crippen molar-refractivity contribution in [3.8, 4) is 0 Å². The second kappa shape index (κ2) is 4.63. The molecule has 1 N–H and O–H groups in total. The fourth-order valence-corrected chi connectivity index (χ4v) is 4.42. The summed E-state index contributed by atoms with van der Waals surface area (Å²) < 4.78 is 6.75. The van der Waals surface area contributed by atoms with E-state index >= 15 is 0 Å². The Kier molecular flexibility index (Phi) is 3.30. The zero-order chi connectivity index (χ0) is 11.9. The third-order valence-electron chi connectivity index (χ3n) is 3.93. The summed E-state index contributed by atoms with van der Waals surface area (Å²) in [6.07, 6.45) is 0. The summed E-state index contributed by atoms with van der Waals surface area (Å²) in [4.78, 5) is 3.93. The molecule has 0 bridgehead atoms. The lowest BCUT2D eigenvalue weighted by Gasteiger charge is -2.51. The van der Waals surface area contributed by atoms with Crippen molar-refractivity contribution in [1.29, 1.82) is 0 Å². The van der Waals surface area contributed by atoms with Gasteiger partial charge in [-0.25, -0.2) is 0 Å². The lowest BCUT2D eigenvalue weighted by Crippen LogP contribution is -2.66.